The van der Waals surface area contributed by atoms with Gasteiger partial charge in [-0.25, -0.2) is 4.79 Å². The number of benzene rings is 3. The normalized spacial score (nSPS) is 10.3. The van der Waals surface area contributed by atoms with Crippen LogP contribution in [0.15, 0.2) is 72.8 Å². The number of carbonyl (C=O) groups excluding carboxylic acids is 1. The van der Waals surface area contributed by atoms with Crippen molar-refractivity contribution in [3.8, 4) is 17.2 Å². The average molecular weight is 355 g/mol. The molecular weight excluding hydrogens is 340 g/mol. The summed E-state index contributed by atoms with van der Waals surface area (Å²) in [5, 5.41) is 10.1. The molecule has 3 rings (SSSR count). The van der Waals surface area contributed by atoms with E-state index in [0.717, 1.165) is 0 Å². The minimum atomic E-state index is -0.635. The fourth-order valence-corrected chi connectivity index (χ4v) is 2.40. The maximum atomic E-state index is 12.2. The van der Waals surface area contributed by atoms with Crippen LogP contribution in [-0.4, -0.2) is 11.1 Å². The van der Waals surface area contributed by atoms with E-state index in [4.69, 9.17) is 21.1 Å². The van der Waals surface area contributed by atoms with E-state index in [0.29, 0.717) is 22.1 Å². The zero-order valence-corrected chi connectivity index (χ0v) is 13.9. The van der Waals surface area contributed by atoms with Crippen molar-refractivity contribution in [1.82, 2.24) is 0 Å². The zero-order valence-electron chi connectivity index (χ0n) is 13.2. The summed E-state index contributed by atoms with van der Waals surface area (Å²) < 4.78 is 11.1. The second kappa shape index (κ2) is 7.73. The van der Waals surface area contributed by atoms with Gasteiger partial charge in [0, 0.05) is 10.6 Å². The van der Waals surface area contributed by atoms with Crippen LogP contribution in [0.1, 0.15) is 15.9 Å². The summed E-state index contributed by atoms with van der Waals surface area (Å²) in [5.74, 6) is 0.438. The lowest BCUT2D eigenvalue weighted by Crippen LogP contribution is -2.06. The second-order valence-corrected chi connectivity index (χ2v) is 5.70. The maximum Gasteiger partial charge on any atom is 0.342 e. The van der Waals surface area contributed by atoms with E-state index in [1.165, 1.54) is 18.2 Å². The Morgan fingerprint density at radius 1 is 0.960 bits per heavy atom. The zero-order chi connectivity index (χ0) is 17.6. The Kier molecular flexibility index (Phi) is 5.21. The predicted molar refractivity (Wildman–Crippen MR) is 95.2 cm³/mol. The van der Waals surface area contributed by atoms with Gasteiger partial charge >= 0.3 is 5.97 Å². The van der Waals surface area contributed by atoms with Crippen molar-refractivity contribution >= 4 is 17.6 Å². The number of carbonyl (C=O) groups is 1. The molecule has 0 bridgehead atoms. The standard InChI is InChI=1S/C20H15ClO4/c21-15-10-11-17(18(22)12-15)20(23)24-13-14-6-4-5-9-19(14)25-16-7-2-1-3-8-16/h1-12,22H,13H2. The number of esters is 1. The van der Waals surface area contributed by atoms with Gasteiger partial charge in [0.05, 0.1) is 0 Å². The molecule has 0 spiro atoms. The van der Waals surface area contributed by atoms with Gasteiger partial charge < -0.3 is 14.6 Å². The van der Waals surface area contributed by atoms with Gasteiger partial charge in [0.2, 0.25) is 0 Å². The first-order valence-corrected chi connectivity index (χ1v) is 7.98. The van der Waals surface area contributed by atoms with E-state index in [2.05, 4.69) is 0 Å². The van der Waals surface area contributed by atoms with Crippen LogP contribution in [0.4, 0.5) is 0 Å². The molecule has 0 radical (unpaired) electrons. The van der Waals surface area contributed by atoms with E-state index in [-0.39, 0.29) is 17.9 Å². The highest BCUT2D eigenvalue weighted by molar-refractivity contribution is 6.30. The lowest BCUT2D eigenvalue weighted by Gasteiger charge is -2.12. The molecule has 0 aliphatic carbocycles. The highest BCUT2D eigenvalue weighted by Gasteiger charge is 2.14. The number of phenols is 1. The Bertz CT molecular complexity index is 878. The minimum absolute atomic E-state index is 0.0178. The molecule has 0 aromatic heterocycles. The summed E-state index contributed by atoms with van der Waals surface area (Å²) in [4.78, 5) is 12.2. The van der Waals surface area contributed by atoms with E-state index in [1.54, 1.807) is 6.07 Å². The molecule has 0 heterocycles. The van der Waals surface area contributed by atoms with E-state index in [1.807, 2.05) is 48.5 Å². The molecule has 0 atom stereocenters. The molecule has 3 aromatic rings. The number of rotatable bonds is 5. The highest BCUT2D eigenvalue weighted by Crippen LogP contribution is 2.27. The molecule has 5 heteroatoms. The van der Waals surface area contributed by atoms with Crippen LogP contribution in [0.2, 0.25) is 5.02 Å². The maximum absolute atomic E-state index is 12.2. The van der Waals surface area contributed by atoms with E-state index >= 15 is 0 Å². The Hall–Kier alpha value is -2.98. The van der Waals surface area contributed by atoms with Gasteiger partial charge in [-0.3, -0.25) is 0 Å². The topological polar surface area (TPSA) is 55.8 Å². The van der Waals surface area contributed by atoms with Crippen molar-refractivity contribution in [1.29, 1.82) is 0 Å². The third-order valence-electron chi connectivity index (χ3n) is 3.48. The van der Waals surface area contributed by atoms with Crippen LogP contribution >= 0.6 is 11.6 Å². The molecule has 0 fully saturated rings. The largest absolute Gasteiger partial charge is 0.507 e. The van der Waals surface area contributed by atoms with Crippen molar-refractivity contribution in [3.63, 3.8) is 0 Å². The summed E-state index contributed by atoms with van der Waals surface area (Å²) in [6.07, 6.45) is 0. The Labute approximate surface area is 150 Å². The molecule has 3 aromatic carbocycles. The smallest absolute Gasteiger partial charge is 0.342 e. The molecule has 4 nitrogen and oxygen atoms in total. The highest BCUT2D eigenvalue weighted by atomic mass is 35.5. The third-order valence-corrected chi connectivity index (χ3v) is 3.72. The van der Waals surface area contributed by atoms with Crippen LogP contribution in [0.5, 0.6) is 17.2 Å². The fraction of sp³-hybridized carbons (Fsp3) is 0.0500. The number of hydrogen-bond acceptors (Lipinski definition) is 4. The molecule has 25 heavy (non-hydrogen) atoms. The Morgan fingerprint density at radius 3 is 2.44 bits per heavy atom. The molecule has 0 aliphatic heterocycles. The summed E-state index contributed by atoms with van der Waals surface area (Å²) in [6.45, 7) is 0.0178. The van der Waals surface area contributed by atoms with Gasteiger partial charge in [0.25, 0.3) is 0 Å². The first-order chi connectivity index (χ1) is 12.1. The Balaban J connectivity index is 1.72. The van der Waals surface area contributed by atoms with Gasteiger partial charge in [0.15, 0.2) is 0 Å². The molecule has 0 saturated heterocycles. The van der Waals surface area contributed by atoms with E-state index < -0.39 is 5.97 Å². The van der Waals surface area contributed by atoms with Crippen LogP contribution in [-0.2, 0) is 11.3 Å². The van der Waals surface area contributed by atoms with Crippen molar-refractivity contribution < 1.29 is 19.4 Å². The first-order valence-electron chi connectivity index (χ1n) is 7.60. The summed E-state index contributed by atoms with van der Waals surface area (Å²) in [7, 11) is 0. The van der Waals surface area contributed by atoms with Crippen molar-refractivity contribution in [2.45, 2.75) is 6.61 Å². The van der Waals surface area contributed by atoms with Crippen LogP contribution in [0.3, 0.4) is 0 Å². The van der Waals surface area contributed by atoms with Gasteiger partial charge in [-0.2, -0.15) is 0 Å². The van der Waals surface area contributed by atoms with Crippen LogP contribution in [0, 0.1) is 0 Å². The monoisotopic (exact) mass is 354 g/mol. The van der Waals surface area contributed by atoms with Gasteiger partial charge in [-0.05, 0) is 36.4 Å². The molecule has 0 unspecified atom stereocenters. The molecule has 126 valence electrons. The minimum Gasteiger partial charge on any atom is -0.507 e. The van der Waals surface area contributed by atoms with Crippen molar-refractivity contribution in [3.05, 3.63) is 88.9 Å². The number of ether oxygens (including phenoxy) is 2. The molecule has 0 aliphatic rings. The van der Waals surface area contributed by atoms with Crippen molar-refractivity contribution in [2.75, 3.05) is 0 Å². The van der Waals surface area contributed by atoms with Crippen molar-refractivity contribution in [2.24, 2.45) is 0 Å². The number of hydrogen-bond donors (Lipinski definition) is 1. The lowest BCUT2D eigenvalue weighted by atomic mass is 10.2. The molecule has 0 saturated carbocycles. The average Bonchev–Trinajstić information content (AvgIpc) is 2.61. The third kappa shape index (κ3) is 4.31. The predicted octanol–water partition coefficient (Wildman–Crippen LogP) is 5.19. The molecular formula is C20H15ClO4. The van der Waals surface area contributed by atoms with Gasteiger partial charge in [0.1, 0.15) is 29.4 Å². The number of phenolic OH excluding ortho intramolecular Hbond substituents is 1. The summed E-state index contributed by atoms with van der Waals surface area (Å²) in [5.41, 5.74) is 0.777. The first kappa shape index (κ1) is 16.9. The van der Waals surface area contributed by atoms with Crippen LogP contribution in [0.25, 0.3) is 0 Å². The fourth-order valence-electron chi connectivity index (χ4n) is 2.24. The lowest BCUT2D eigenvalue weighted by molar-refractivity contribution is 0.0467. The molecule has 1 N–H and O–H groups in total. The number of aromatic hydroxyl groups is 1. The quantitative estimate of drug-likeness (QED) is 0.640. The van der Waals surface area contributed by atoms with Gasteiger partial charge in [-0.15, -0.1) is 0 Å². The SMILES string of the molecule is O=C(OCc1ccccc1Oc1ccccc1)c1ccc(Cl)cc1O. The summed E-state index contributed by atoms with van der Waals surface area (Å²) in [6, 6.07) is 20.9. The Morgan fingerprint density at radius 2 is 1.68 bits per heavy atom. The molecule has 0 amide bonds. The van der Waals surface area contributed by atoms with Crippen LogP contribution < -0.4 is 4.74 Å². The van der Waals surface area contributed by atoms with E-state index in [9.17, 15) is 9.90 Å². The second-order valence-electron chi connectivity index (χ2n) is 5.26. The number of halogens is 1. The van der Waals surface area contributed by atoms with Gasteiger partial charge in [-0.1, -0.05) is 48.0 Å². The summed E-state index contributed by atoms with van der Waals surface area (Å²) >= 11 is 5.76. The number of para-hydroxylation sites is 2.